The van der Waals surface area contributed by atoms with Crippen LogP contribution in [0.5, 0.6) is 0 Å². The first-order valence-electron chi connectivity index (χ1n) is 9.97. The number of piperazine rings is 1. The maximum atomic E-state index is 13.1. The number of anilines is 1. The molecular formula is C21H22N6O3. The molecule has 1 saturated heterocycles. The molecule has 4 aromatic heterocycles. The highest BCUT2D eigenvalue weighted by Crippen LogP contribution is 2.21. The first-order valence-corrected chi connectivity index (χ1v) is 9.97. The zero-order valence-corrected chi connectivity index (χ0v) is 16.9. The van der Waals surface area contributed by atoms with Gasteiger partial charge in [0.15, 0.2) is 5.58 Å². The van der Waals surface area contributed by atoms with Crippen LogP contribution < -0.4 is 10.5 Å². The van der Waals surface area contributed by atoms with E-state index in [4.69, 9.17) is 4.42 Å². The molecule has 0 bridgehead atoms. The fourth-order valence-electron chi connectivity index (χ4n) is 4.12. The molecule has 0 aliphatic carbocycles. The Balaban J connectivity index is 1.39. The number of amides is 1. The Kier molecular flexibility index (Phi) is 4.30. The molecule has 154 valence electrons. The van der Waals surface area contributed by atoms with Gasteiger partial charge in [-0.1, -0.05) is 6.07 Å². The van der Waals surface area contributed by atoms with E-state index in [9.17, 15) is 9.59 Å². The minimum Gasteiger partial charge on any atom is -0.463 e. The van der Waals surface area contributed by atoms with Crippen molar-refractivity contribution in [2.75, 3.05) is 31.1 Å². The van der Waals surface area contributed by atoms with Gasteiger partial charge in [-0.25, -0.2) is 9.67 Å². The molecule has 0 radical (unpaired) electrons. The predicted octanol–water partition coefficient (Wildman–Crippen LogP) is 1.86. The van der Waals surface area contributed by atoms with Gasteiger partial charge in [0.05, 0.1) is 11.8 Å². The zero-order chi connectivity index (χ0) is 20.8. The highest BCUT2D eigenvalue weighted by atomic mass is 16.3. The van der Waals surface area contributed by atoms with E-state index in [0.29, 0.717) is 43.1 Å². The highest BCUT2D eigenvalue weighted by molar-refractivity contribution is 5.83. The Bertz CT molecular complexity index is 1280. The van der Waals surface area contributed by atoms with Gasteiger partial charge in [-0.15, -0.1) is 0 Å². The second-order valence-corrected chi connectivity index (χ2v) is 7.51. The van der Waals surface area contributed by atoms with E-state index in [1.807, 2.05) is 25.1 Å². The van der Waals surface area contributed by atoms with E-state index in [0.717, 1.165) is 11.3 Å². The average Bonchev–Trinajstić information content (AvgIpc) is 3.38. The quantitative estimate of drug-likeness (QED) is 0.516. The van der Waals surface area contributed by atoms with Crippen LogP contribution in [0.1, 0.15) is 18.8 Å². The van der Waals surface area contributed by atoms with Crippen molar-refractivity contribution in [2.24, 2.45) is 0 Å². The highest BCUT2D eigenvalue weighted by Gasteiger charge is 2.28. The summed E-state index contributed by atoms with van der Waals surface area (Å²) in [4.78, 5) is 34.5. The molecule has 9 heteroatoms. The normalized spacial score (nSPS) is 15.8. The molecule has 0 unspecified atom stereocenters. The predicted molar refractivity (Wildman–Crippen MR) is 112 cm³/mol. The molecule has 1 aliphatic rings. The average molecular weight is 406 g/mol. The monoisotopic (exact) mass is 406 g/mol. The van der Waals surface area contributed by atoms with E-state index in [-0.39, 0.29) is 11.5 Å². The number of nitrogens with zero attached hydrogens (tertiary/aromatic N) is 6. The summed E-state index contributed by atoms with van der Waals surface area (Å²) in [6.07, 6.45) is 3.35. The molecule has 9 nitrogen and oxygen atoms in total. The molecule has 1 atom stereocenters. The van der Waals surface area contributed by atoms with Crippen molar-refractivity contribution in [3.05, 3.63) is 59.0 Å². The lowest BCUT2D eigenvalue weighted by atomic mass is 10.2. The largest absolute Gasteiger partial charge is 0.463 e. The summed E-state index contributed by atoms with van der Waals surface area (Å²) in [6, 6.07) is 8.62. The van der Waals surface area contributed by atoms with Crippen LogP contribution in [0.15, 0.2) is 52.0 Å². The summed E-state index contributed by atoms with van der Waals surface area (Å²) >= 11 is 0. The second kappa shape index (κ2) is 7.01. The van der Waals surface area contributed by atoms with E-state index in [1.54, 1.807) is 40.8 Å². The molecular weight excluding hydrogens is 384 g/mol. The van der Waals surface area contributed by atoms with Crippen molar-refractivity contribution >= 4 is 28.3 Å². The van der Waals surface area contributed by atoms with Crippen LogP contribution in [-0.2, 0) is 4.79 Å². The van der Waals surface area contributed by atoms with E-state index in [1.165, 1.54) is 4.68 Å². The summed E-state index contributed by atoms with van der Waals surface area (Å²) in [5.74, 6) is 1.43. The van der Waals surface area contributed by atoms with Crippen LogP contribution in [0.25, 0.3) is 16.6 Å². The number of carbonyl (C=O) groups is 1. The van der Waals surface area contributed by atoms with Gasteiger partial charge in [0.25, 0.3) is 5.56 Å². The topological polar surface area (TPSA) is 88.9 Å². The molecule has 30 heavy (non-hydrogen) atoms. The third kappa shape index (κ3) is 2.85. The molecule has 0 spiro atoms. The molecule has 1 aliphatic heterocycles. The van der Waals surface area contributed by atoms with Crippen molar-refractivity contribution in [3.63, 3.8) is 0 Å². The number of carbonyl (C=O) groups excluding carboxylic acids is 1. The van der Waals surface area contributed by atoms with Gasteiger partial charge in [-0.3, -0.25) is 14.0 Å². The zero-order valence-electron chi connectivity index (χ0n) is 16.9. The maximum Gasteiger partial charge on any atom is 0.291 e. The SMILES string of the molecule is Cc1nn([C@H](C)C(=O)N2CCN(c3ccccn3)CC2)c(=O)c2cc3occc3n12. The Morgan fingerprint density at radius 2 is 1.93 bits per heavy atom. The lowest BCUT2D eigenvalue weighted by Crippen LogP contribution is -2.51. The molecule has 1 fully saturated rings. The van der Waals surface area contributed by atoms with E-state index < -0.39 is 6.04 Å². The van der Waals surface area contributed by atoms with Gasteiger partial charge in [0.1, 0.15) is 23.2 Å². The van der Waals surface area contributed by atoms with Crippen LogP contribution in [0.4, 0.5) is 5.82 Å². The fourth-order valence-corrected chi connectivity index (χ4v) is 4.12. The number of aromatic nitrogens is 4. The smallest absolute Gasteiger partial charge is 0.291 e. The maximum absolute atomic E-state index is 13.1. The van der Waals surface area contributed by atoms with Gasteiger partial charge in [-0.2, -0.15) is 5.10 Å². The summed E-state index contributed by atoms with van der Waals surface area (Å²) in [7, 11) is 0. The standard InChI is InChI=1S/C21H22N6O3/c1-14(20(28)25-10-8-24(9-11-25)19-5-3-4-7-22-19)27-21(29)17-13-18-16(6-12-30-18)26(17)15(2)23-27/h3-7,12-14H,8-11H2,1-2H3/t14-/m1/s1. The molecule has 0 N–H and O–H groups in total. The summed E-state index contributed by atoms with van der Waals surface area (Å²) in [5, 5.41) is 4.44. The van der Waals surface area contributed by atoms with E-state index in [2.05, 4.69) is 15.0 Å². The summed E-state index contributed by atoms with van der Waals surface area (Å²) in [5.41, 5.74) is 1.57. The molecule has 1 amide bonds. The summed E-state index contributed by atoms with van der Waals surface area (Å²) < 4.78 is 8.47. The van der Waals surface area contributed by atoms with Crippen LogP contribution >= 0.6 is 0 Å². The van der Waals surface area contributed by atoms with Crippen molar-refractivity contribution in [3.8, 4) is 0 Å². The molecule has 4 aromatic rings. The first kappa shape index (κ1) is 18.4. The van der Waals surface area contributed by atoms with Gasteiger partial charge < -0.3 is 14.2 Å². The number of pyridine rings is 1. The Hall–Kier alpha value is -3.62. The number of rotatable bonds is 3. The molecule has 5 heterocycles. The molecule has 0 saturated carbocycles. The Morgan fingerprint density at radius 1 is 1.13 bits per heavy atom. The number of hydrogen-bond donors (Lipinski definition) is 0. The number of hydrogen-bond acceptors (Lipinski definition) is 6. The van der Waals surface area contributed by atoms with Crippen molar-refractivity contribution in [1.29, 1.82) is 0 Å². The number of fused-ring (bicyclic) bond motifs is 3. The first-order chi connectivity index (χ1) is 14.5. The summed E-state index contributed by atoms with van der Waals surface area (Å²) in [6.45, 7) is 6.10. The lowest BCUT2D eigenvalue weighted by Gasteiger charge is -2.36. The van der Waals surface area contributed by atoms with Crippen LogP contribution in [0.2, 0.25) is 0 Å². The third-order valence-electron chi connectivity index (χ3n) is 5.72. The van der Waals surface area contributed by atoms with E-state index >= 15 is 0 Å². The number of aryl methyl sites for hydroxylation is 1. The van der Waals surface area contributed by atoms with Gasteiger partial charge in [-0.05, 0) is 26.0 Å². The molecule has 5 rings (SSSR count). The van der Waals surface area contributed by atoms with Crippen LogP contribution in [0, 0.1) is 6.92 Å². The van der Waals surface area contributed by atoms with Crippen LogP contribution in [0.3, 0.4) is 0 Å². The van der Waals surface area contributed by atoms with Gasteiger partial charge >= 0.3 is 0 Å². The second-order valence-electron chi connectivity index (χ2n) is 7.51. The Labute approximate surface area is 172 Å². The van der Waals surface area contributed by atoms with Crippen LogP contribution in [-0.4, -0.2) is 56.2 Å². The Morgan fingerprint density at radius 3 is 2.67 bits per heavy atom. The number of furan rings is 1. The fraction of sp³-hybridized carbons (Fsp3) is 0.333. The lowest BCUT2D eigenvalue weighted by molar-refractivity contribution is -0.135. The minimum absolute atomic E-state index is 0.107. The van der Waals surface area contributed by atoms with Gasteiger partial charge in [0, 0.05) is 44.5 Å². The van der Waals surface area contributed by atoms with Gasteiger partial charge in [0.2, 0.25) is 5.91 Å². The van der Waals surface area contributed by atoms with Crippen molar-refractivity contribution in [1.82, 2.24) is 24.1 Å². The third-order valence-corrected chi connectivity index (χ3v) is 5.72. The minimum atomic E-state index is -0.691. The van der Waals surface area contributed by atoms with Crippen molar-refractivity contribution < 1.29 is 9.21 Å². The van der Waals surface area contributed by atoms with Crippen molar-refractivity contribution in [2.45, 2.75) is 19.9 Å². The molecule has 0 aromatic carbocycles.